The van der Waals surface area contributed by atoms with Gasteiger partial charge in [-0.3, -0.25) is 0 Å². The van der Waals surface area contributed by atoms with Crippen molar-refractivity contribution in [2.45, 2.75) is 50.7 Å². The molecular formula is C17H22N2O4. The van der Waals surface area contributed by atoms with Crippen molar-refractivity contribution >= 4 is 11.9 Å². The van der Waals surface area contributed by atoms with Crippen LogP contribution in [0.4, 0.5) is 0 Å². The van der Waals surface area contributed by atoms with E-state index in [2.05, 4.69) is 10.3 Å². The fourth-order valence-corrected chi connectivity index (χ4v) is 3.04. The number of rotatable bonds is 5. The summed E-state index contributed by atoms with van der Waals surface area (Å²) in [6.45, 7) is 1.82. The van der Waals surface area contributed by atoms with Crippen LogP contribution in [-0.2, 0) is 4.84 Å². The molecule has 0 amide bonds. The normalized spacial score (nSPS) is 24.7. The SMILES string of the molecule is COc1ccc(C2=NOC(C)(/C=N/O)C2)cc1OC1CCCC1. The molecule has 0 spiro atoms. The Labute approximate surface area is 135 Å². The summed E-state index contributed by atoms with van der Waals surface area (Å²) in [6, 6.07) is 5.77. The third-order valence-corrected chi connectivity index (χ3v) is 4.31. The van der Waals surface area contributed by atoms with Gasteiger partial charge in [-0.2, -0.15) is 0 Å². The molecule has 1 N–H and O–H groups in total. The Morgan fingerprint density at radius 1 is 1.35 bits per heavy atom. The van der Waals surface area contributed by atoms with Crippen molar-refractivity contribution in [1.82, 2.24) is 0 Å². The quantitative estimate of drug-likeness (QED) is 0.513. The lowest BCUT2D eigenvalue weighted by atomic mass is 9.97. The first-order valence-corrected chi connectivity index (χ1v) is 7.92. The Morgan fingerprint density at radius 2 is 2.13 bits per heavy atom. The molecule has 1 aromatic rings. The second-order valence-corrected chi connectivity index (χ2v) is 6.25. The van der Waals surface area contributed by atoms with E-state index in [9.17, 15) is 0 Å². The average molecular weight is 318 g/mol. The summed E-state index contributed by atoms with van der Waals surface area (Å²) in [5, 5.41) is 15.9. The molecule has 6 heteroatoms. The zero-order valence-corrected chi connectivity index (χ0v) is 13.5. The van der Waals surface area contributed by atoms with Crippen LogP contribution in [0.2, 0.25) is 0 Å². The predicted octanol–water partition coefficient (Wildman–Crippen LogP) is 3.36. The van der Waals surface area contributed by atoms with Crippen molar-refractivity contribution in [1.29, 1.82) is 0 Å². The molecule has 0 saturated heterocycles. The molecule has 1 fully saturated rings. The molecule has 0 bridgehead atoms. The number of benzene rings is 1. The van der Waals surface area contributed by atoms with Crippen molar-refractivity contribution in [3.63, 3.8) is 0 Å². The largest absolute Gasteiger partial charge is 0.493 e. The molecule has 1 atom stereocenters. The maximum Gasteiger partial charge on any atom is 0.178 e. The van der Waals surface area contributed by atoms with E-state index >= 15 is 0 Å². The van der Waals surface area contributed by atoms with Crippen molar-refractivity contribution < 1.29 is 19.5 Å². The van der Waals surface area contributed by atoms with Crippen molar-refractivity contribution in [2.24, 2.45) is 10.3 Å². The molecule has 3 rings (SSSR count). The van der Waals surface area contributed by atoms with E-state index in [1.807, 2.05) is 25.1 Å². The molecule has 6 nitrogen and oxygen atoms in total. The highest BCUT2D eigenvalue weighted by molar-refractivity contribution is 6.04. The summed E-state index contributed by atoms with van der Waals surface area (Å²) in [4.78, 5) is 5.38. The van der Waals surface area contributed by atoms with Crippen LogP contribution in [0, 0.1) is 0 Å². The van der Waals surface area contributed by atoms with Crippen LogP contribution in [0.5, 0.6) is 11.5 Å². The molecule has 1 saturated carbocycles. The molecule has 1 aromatic carbocycles. The van der Waals surface area contributed by atoms with Crippen molar-refractivity contribution in [3.8, 4) is 11.5 Å². The van der Waals surface area contributed by atoms with Crippen LogP contribution >= 0.6 is 0 Å². The highest BCUT2D eigenvalue weighted by atomic mass is 16.7. The van der Waals surface area contributed by atoms with Gasteiger partial charge in [-0.1, -0.05) is 10.3 Å². The maximum absolute atomic E-state index is 8.72. The number of methoxy groups -OCH3 is 1. The first kappa shape index (κ1) is 15.6. The highest BCUT2D eigenvalue weighted by Gasteiger charge is 2.34. The molecule has 2 aliphatic rings. The zero-order chi connectivity index (χ0) is 16.3. The molecule has 1 heterocycles. The lowest BCUT2D eigenvalue weighted by Crippen LogP contribution is -2.26. The van der Waals surface area contributed by atoms with Gasteiger partial charge in [0.2, 0.25) is 0 Å². The van der Waals surface area contributed by atoms with Crippen LogP contribution in [-0.4, -0.2) is 35.9 Å². The lowest BCUT2D eigenvalue weighted by molar-refractivity contribution is 0.0540. The van der Waals surface area contributed by atoms with E-state index in [0.29, 0.717) is 6.42 Å². The van der Waals surface area contributed by atoms with Gasteiger partial charge in [-0.05, 0) is 50.8 Å². The summed E-state index contributed by atoms with van der Waals surface area (Å²) < 4.78 is 11.5. The van der Waals surface area contributed by atoms with Gasteiger partial charge < -0.3 is 19.5 Å². The highest BCUT2D eigenvalue weighted by Crippen LogP contribution is 2.34. The van der Waals surface area contributed by atoms with E-state index in [0.717, 1.165) is 35.6 Å². The van der Waals surface area contributed by atoms with Gasteiger partial charge >= 0.3 is 0 Å². The van der Waals surface area contributed by atoms with Gasteiger partial charge in [0.05, 0.1) is 25.1 Å². The molecule has 124 valence electrons. The predicted molar refractivity (Wildman–Crippen MR) is 86.8 cm³/mol. The summed E-state index contributed by atoms with van der Waals surface area (Å²) in [5.41, 5.74) is 1.01. The van der Waals surface area contributed by atoms with E-state index in [1.165, 1.54) is 19.1 Å². The van der Waals surface area contributed by atoms with Gasteiger partial charge in [0.1, 0.15) is 0 Å². The van der Waals surface area contributed by atoms with Gasteiger partial charge in [0.15, 0.2) is 17.1 Å². The van der Waals surface area contributed by atoms with Crippen molar-refractivity contribution in [2.75, 3.05) is 7.11 Å². The van der Waals surface area contributed by atoms with E-state index in [1.54, 1.807) is 7.11 Å². The topological polar surface area (TPSA) is 72.6 Å². The maximum atomic E-state index is 8.72. The minimum Gasteiger partial charge on any atom is -0.493 e. The van der Waals surface area contributed by atoms with E-state index in [-0.39, 0.29) is 6.10 Å². The van der Waals surface area contributed by atoms with Crippen LogP contribution in [0.3, 0.4) is 0 Å². The van der Waals surface area contributed by atoms with Crippen LogP contribution in [0.1, 0.15) is 44.6 Å². The third-order valence-electron chi connectivity index (χ3n) is 4.31. The minimum atomic E-state index is -0.712. The molecule has 1 aliphatic heterocycles. The summed E-state index contributed by atoms with van der Waals surface area (Å²) in [6.07, 6.45) is 6.74. The van der Waals surface area contributed by atoms with Gasteiger partial charge in [0.25, 0.3) is 0 Å². The fraction of sp³-hybridized carbons (Fsp3) is 0.529. The number of oxime groups is 2. The fourth-order valence-electron chi connectivity index (χ4n) is 3.04. The number of hydrogen-bond acceptors (Lipinski definition) is 6. The van der Waals surface area contributed by atoms with E-state index < -0.39 is 5.60 Å². The molecule has 1 aliphatic carbocycles. The minimum absolute atomic E-state index is 0.257. The number of ether oxygens (including phenoxy) is 2. The Bertz CT molecular complexity index is 623. The van der Waals surface area contributed by atoms with Gasteiger partial charge in [-0.15, -0.1) is 0 Å². The molecule has 1 unspecified atom stereocenters. The summed E-state index contributed by atoms with van der Waals surface area (Å²) >= 11 is 0. The standard InChI is InChI=1S/C17H22N2O4/c1-17(11-18-20)10-14(19-23-17)12-7-8-15(21-2)16(9-12)22-13-5-3-4-6-13/h7-9,11,13,20H,3-6,10H2,1-2H3/b18-11+. The summed E-state index contributed by atoms with van der Waals surface area (Å²) in [7, 11) is 1.64. The Hall–Kier alpha value is -2.24. The second-order valence-electron chi connectivity index (χ2n) is 6.25. The average Bonchev–Trinajstić information content (AvgIpc) is 3.18. The van der Waals surface area contributed by atoms with Crippen molar-refractivity contribution in [3.05, 3.63) is 23.8 Å². The van der Waals surface area contributed by atoms with Crippen LogP contribution in [0.25, 0.3) is 0 Å². The Morgan fingerprint density at radius 3 is 2.83 bits per heavy atom. The Kier molecular flexibility index (Phi) is 4.41. The zero-order valence-electron chi connectivity index (χ0n) is 13.5. The lowest BCUT2D eigenvalue weighted by Gasteiger charge is -2.17. The van der Waals surface area contributed by atoms with Gasteiger partial charge in [0, 0.05) is 12.0 Å². The van der Waals surface area contributed by atoms with Gasteiger partial charge in [-0.25, -0.2) is 0 Å². The third kappa shape index (κ3) is 3.41. The Balaban J connectivity index is 1.80. The number of hydrogen-bond donors (Lipinski definition) is 1. The molecule has 23 heavy (non-hydrogen) atoms. The molecule has 0 aromatic heterocycles. The molecular weight excluding hydrogens is 296 g/mol. The van der Waals surface area contributed by atoms with E-state index in [4.69, 9.17) is 19.5 Å². The first-order chi connectivity index (χ1) is 11.1. The monoisotopic (exact) mass is 318 g/mol. The smallest absolute Gasteiger partial charge is 0.178 e. The second kappa shape index (κ2) is 6.48. The molecule has 0 radical (unpaired) electrons. The summed E-state index contributed by atoms with van der Waals surface area (Å²) in [5.74, 6) is 1.46. The van der Waals surface area contributed by atoms with Crippen LogP contribution < -0.4 is 9.47 Å². The first-order valence-electron chi connectivity index (χ1n) is 7.92. The van der Waals surface area contributed by atoms with Crippen LogP contribution in [0.15, 0.2) is 28.5 Å². The number of nitrogens with zero attached hydrogens (tertiary/aromatic N) is 2.